The zero-order valence-electron chi connectivity index (χ0n) is 13.3. The van der Waals surface area contributed by atoms with Crippen LogP contribution in [0.25, 0.3) is 0 Å². The Morgan fingerprint density at radius 2 is 1.05 bits per heavy atom. The summed E-state index contributed by atoms with van der Waals surface area (Å²) >= 11 is -3.31. The first-order chi connectivity index (χ1) is 8.33. The van der Waals surface area contributed by atoms with Gasteiger partial charge in [-0.1, -0.05) is 0 Å². The fraction of sp³-hybridized carbons (Fsp3) is 1.00. The molecule has 0 aromatic heterocycles. The molecule has 19 heavy (non-hydrogen) atoms. The van der Waals surface area contributed by atoms with E-state index in [-0.39, 0.29) is 11.1 Å². The maximum atomic E-state index is 6.13. The SMILES string of the molecule is CC(C)(C)[N]=[Mo]([Cl])([Cl])=[N]C(C)(C)C.COCCOC. The molecule has 0 aromatic carbocycles. The minimum absolute atomic E-state index is 0.195. The zero-order valence-corrected chi connectivity index (χ0v) is 16.8. The third-order valence-corrected chi connectivity index (χ3v) is 6.66. The van der Waals surface area contributed by atoms with Gasteiger partial charge in [-0.2, -0.15) is 0 Å². The van der Waals surface area contributed by atoms with Gasteiger partial charge in [0.15, 0.2) is 0 Å². The number of rotatable bonds is 3. The molecule has 0 saturated heterocycles. The van der Waals surface area contributed by atoms with Crippen molar-refractivity contribution in [2.75, 3.05) is 27.4 Å². The molecule has 0 aromatic rings. The second kappa shape index (κ2) is 9.68. The zero-order chi connectivity index (χ0) is 15.7. The summed E-state index contributed by atoms with van der Waals surface area (Å²) in [6.45, 7) is 13.3. The van der Waals surface area contributed by atoms with Crippen LogP contribution in [0.15, 0.2) is 6.99 Å². The van der Waals surface area contributed by atoms with Crippen LogP contribution in [0.1, 0.15) is 41.5 Å². The van der Waals surface area contributed by atoms with Crippen LogP contribution in [0.3, 0.4) is 0 Å². The molecule has 0 atom stereocenters. The van der Waals surface area contributed by atoms with E-state index in [1.807, 2.05) is 41.5 Å². The Bertz CT molecular complexity index is 314. The van der Waals surface area contributed by atoms with Crippen LogP contribution >= 0.6 is 18.8 Å². The van der Waals surface area contributed by atoms with Crippen LogP contribution in [-0.4, -0.2) is 38.5 Å². The van der Waals surface area contributed by atoms with Crippen LogP contribution in [0.5, 0.6) is 0 Å². The number of hydrogen-bond acceptors (Lipinski definition) is 4. The molecule has 0 aliphatic carbocycles. The third kappa shape index (κ3) is 21.2. The minimum Gasteiger partial charge on any atom is -0.382 e. The minimum atomic E-state index is -3.31. The van der Waals surface area contributed by atoms with E-state index < -0.39 is 13.6 Å². The fourth-order valence-electron chi connectivity index (χ4n) is 0.846. The molecule has 0 amide bonds. The molecule has 0 bridgehead atoms. The van der Waals surface area contributed by atoms with Crippen LogP contribution < -0.4 is 0 Å². The Balaban J connectivity index is 0. The first kappa shape index (κ1) is 22.1. The predicted molar refractivity (Wildman–Crippen MR) is 79.8 cm³/mol. The molecule has 4 nitrogen and oxygen atoms in total. The topological polar surface area (TPSA) is 43.2 Å². The molecule has 0 unspecified atom stereocenters. The van der Waals surface area contributed by atoms with Gasteiger partial charge in [0, 0.05) is 14.2 Å². The second-order valence-electron chi connectivity index (χ2n) is 5.93. The molecule has 0 heterocycles. The maximum Gasteiger partial charge on any atom is 0.0696 e. The summed E-state index contributed by atoms with van der Waals surface area (Å²) in [7, 11) is 15.6. The van der Waals surface area contributed by atoms with Crippen LogP contribution in [0, 0.1) is 0 Å². The van der Waals surface area contributed by atoms with Gasteiger partial charge >= 0.3 is 92.1 Å². The molecule has 0 saturated carbocycles. The summed E-state index contributed by atoms with van der Waals surface area (Å²) in [5.41, 5.74) is -0.390. The normalized spacial score (nSPS) is 12.5. The van der Waals surface area contributed by atoms with Crippen molar-refractivity contribution >= 4 is 18.8 Å². The van der Waals surface area contributed by atoms with Gasteiger partial charge in [0.25, 0.3) is 0 Å². The van der Waals surface area contributed by atoms with E-state index in [0.29, 0.717) is 13.2 Å². The number of nitrogens with zero attached hydrogens (tertiary/aromatic N) is 2. The Morgan fingerprint density at radius 1 is 0.789 bits per heavy atom. The second-order valence-corrected chi connectivity index (χ2v) is 14.9. The Morgan fingerprint density at radius 3 is 1.21 bits per heavy atom. The van der Waals surface area contributed by atoms with Crippen LogP contribution in [0.2, 0.25) is 0 Å². The first-order valence-corrected chi connectivity index (χ1v) is 13.0. The van der Waals surface area contributed by atoms with Gasteiger partial charge in [-0.3, -0.25) is 0 Å². The summed E-state index contributed by atoms with van der Waals surface area (Å²) in [4.78, 5) is 0. The van der Waals surface area contributed by atoms with Gasteiger partial charge in [0.1, 0.15) is 0 Å². The van der Waals surface area contributed by atoms with Crippen molar-refractivity contribution in [2.24, 2.45) is 6.99 Å². The monoisotopic (exact) mass is 400 g/mol. The van der Waals surface area contributed by atoms with Crippen molar-refractivity contribution in [1.82, 2.24) is 0 Å². The van der Waals surface area contributed by atoms with Crippen molar-refractivity contribution in [2.45, 2.75) is 52.6 Å². The quantitative estimate of drug-likeness (QED) is 0.511. The molecule has 0 aliphatic heterocycles. The van der Waals surface area contributed by atoms with Gasteiger partial charge < -0.3 is 9.47 Å². The molecule has 0 spiro atoms. The van der Waals surface area contributed by atoms with E-state index in [1.165, 1.54) is 0 Å². The maximum absolute atomic E-state index is 6.13. The van der Waals surface area contributed by atoms with Crippen molar-refractivity contribution < 1.29 is 23.1 Å². The molecule has 0 aliphatic rings. The summed E-state index contributed by atoms with van der Waals surface area (Å²) in [6, 6.07) is 0. The Labute approximate surface area is 128 Å². The van der Waals surface area contributed by atoms with E-state index >= 15 is 0 Å². The standard InChI is InChI=1S/2C4H9N.C4H10O2.2ClH.Mo/c2*1-4(2,3)5;1-5-3-4-6-2;;;/h2*1-3H3;3-4H2,1-2H3;2*1H;/q;;;;;+2/p-2. The average Bonchev–Trinajstić information content (AvgIpc) is 2.07. The summed E-state index contributed by atoms with van der Waals surface area (Å²) in [6.07, 6.45) is 0. The van der Waals surface area contributed by atoms with Crippen molar-refractivity contribution in [3.63, 3.8) is 0 Å². The smallest absolute Gasteiger partial charge is 0.0696 e. The van der Waals surface area contributed by atoms with E-state index in [1.54, 1.807) is 14.2 Å². The number of halogens is 2. The van der Waals surface area contributed by atoms with Gasteiger partial charge in [0.05, 0.1) is 13.2 Å². The summed E-state index contributed by atoms with van der Waals surface area (Å²) in [5, 5.41) is 0. The number of methoxy groups -OCH3 is 2. The molecule has 7 heteroatoms. The number of hydrogen-bond donors (Lipinski definition) is 0. The van der Waals surface area contributed by atoms with Crippen LogP contribution in [-0.2, 0) is 23.1 Å². The molecule has 0 radical (unpaired) electrons. The molecule has 0 rings (SSSR count). The molecule has 0 fully saturated rings. The van der Waals surface area contributed by atoms with Crippen molar-refractivity contribution in [3.8, 4) is 0 Å². The van der Waals surface area contributed by atoms with Gasteiger partial charge in [-0.25, -0.2) is 0 Å². The Kier molecular flexibility index (Phi) is 11.2. The predicted octanol–water partition coefficient (Wildman–Crippen LogP) is 4.69. The average molecular weight is 399 g/mol. The molecule has 118 valence electrons. The van der Waals surface area contributed by atoms with Crippen LogP contribution in [0.4, 0.5) is 0 Å². The van der Waals surface area contributed by atoms with E-state index in [2.05, 4.69) is 16.5 Å². The summed E-state index contributed by atoms with van der Waals surface area (Å²) < 4.78 is 18.1. The van der Waals surface area contributed by atoms with Gasteiger partial charge in [-0.15, -0.1) is 0 Å². The molecular weight excluding hydrogens is 371 g/mol. The van der Waals surface area contributed by atoms with Crippen molar-refractivity contribution in [3.05, 3.63) is 0 Å². The van der Waals surface area contributed by atoms with Crippen molar-refractivity contribution in [1.29, 1.82) is 0 Å². The fourth-order valence-corrected chi connectivity index (χ4v) is 9.09. The third-order valence-electron chi connectivity index (χ3n) is 1.26. The first-order valence-electron chi connectivity index (χ1n) is 6.01. The van der Waals surface area contributed by atoms with E-state index in [0.717, 1.165) is 0 Å². The van der Waals surface area contributed by atoms with E-state index in [9.17, 15) is 0 Å². The Hall–Kier alpha value is 0.788. The van der Waals surface area contributed by atoms with Gasteiger partial charge in [0.2, 0.25) is 0 Å². The summed E-state index contributed by atoms with van der Waals surface area (Å²) in [5.74, 6) is 0. The molecule has 0 N–H and O–H groups in total. The van der Waals surface area contributed by atoms with Gasteiger partial charge in [-0.05, 0) is 0 Å². The largest absolute Gasteiger partial charge is 0.382 e. The molecular formula is C12H28Cl2MoN2O2. The van der Waals surface area contributed by atoms with E-state index in [4.69, 9.17) is 18.8 Å². The number of ether oxygens (including phenoxy) is 2.